The number of fused-ring (bicyclic) bond motifs is 1. The highest BCUT2D eigenvalue weighted by Gasteiger charge is 2.49. The van der Waals surface area contributed by atoms with Gasteiger partial charge >= 0.3 is 0 Å². The molecule has 0 unspecified atom stereocenters. The topological polar surface area (TPSA) is 44.4 Å². The molecule has 138 valence electrons. The van der Waals surface area contributed by atoms with Gasteiger partial charge in [0.1, 0.15) is 0 Å². The van der Waals surface area contributed by atoms with Gasteiger partial charge in [-0.3, -0.25) is 9.69 Å². The number of hydrogen-bond acceptors (Lipinski definition) is 3. The van der Waals surface area contributed by atoms with Crippen molar-refractivity contribution in [1.82, 2.24) is 15.5 Å². The normalized spacial score (nSPS) is 25.8. The molecule has 1 amide bonds. The van der Waals surface area contributed by atoms with E-state index in [4.69, 9.17) is 0 Å². The fourth-order valence-corrected chi connectivity index (χ4v) is 4.59. The second kappa shape index (κ2) is 8.33. The van der Waals surface area contributed by atoms with Crippen LogP contribution in [0, 0.1) is 11.3 Å². The Morgan fingerprint density at radius 1 is 1.28 bits per heavy atom. The summed E-state index contributed by atoms with van der Waals surface area (Å²) < 4.78 is 0. The number of nitrogens with zero attached hydrogens (tertiary/aromatic N) is 1. The number of amides is 1. The third-order valence-corrected chi connectivity index (χ3v) is 6.24. The summed E-state index contributed by atoms with van der Waals surface area (Å²) in [7, 11) is 0. The maximum Gasteiger partial charge on any atom is 0.228 e. The van der Waals surface area contributed by atoms with E-state index >= 15 is 0 Å². The molecule has 2 atom stereocenters. The lowest BCUT2D eigenvalue weighted by Crippen LogP contribution is -2.47. The molecule has 1 aromatic rings. The Kier molecular flexibility index (Phi) is 6.13. The van der Waals surface area contributed by atoms with Crippen LogP contribution < -0.4 is 10.6 Å². The summed E-state index contributed by atoms with van der Waals surface area (Å²) in [4.78, 5) is 15.4. The maximum absolute atomic E-state index is 13.0. The summed E-state index contributed by atoms with van der Waals surface area (Å²) >= 11 is 0. The quantitative estimate of drug-likeness (QED) is 0.800. The predicted molar refractivity (Wildman–Crippen MR) is 102 cm³/mol. The van der Waals surface area contributed by atoms with Gasteiger partial charge < -0.3 is 10.6 Å². The van der Waals surface area contributed by atoms with E-state index in [0.29, 0.717) is 12.5 Å². The van der Waals surface area contributed by atoms with Crippen LogP contribution in [-0.2, 0) is 17.9 Å². The standard InChI is InChI=1S/C21H33N3O/c1-3-24(4-2)15-18-9-7-8-17(12-18)13-23-20(25)21-11-6-5-10-19(21)14-22-16-21/h7-9,12,19,22H,3-6,10-11,13-16H2,1-2H3,(H,23,25)/t19-,21+/m0/s1. The fourth-order valence-electron chi connectivity index (χ4n) is 4.59. The highest BCUT2D eigenvalue weighted by molar-refractivity contribution is 5.83. The van der Waals surface area contributed by atoms with Crippen LogP contribution in [0.3, 0.4) is 0 Å². The van der Waals surface area contributed by atoms with Gasteiger partial charge in [-0.25, -0.2) is 0 Å². The molecule has 2 fully saturated rings. The molecular formula is C21H33N3O. The molecule has 0 radical (unpaired) electrons. The molecule has 25 heavy (non-hydrogen) atoms. The first-order chi connectivity index (χ1) is 12.2. The molecule has 0 bridgehead atoms. The van der Waals surface area contributed by atoms with Crippen molar-refractivity contribution in [2.24, 2.45) is 11.3 Å². The fraction of sp³-hybridized carbons (Fsp3) is 0.667. The largest absolute Gasteiger partial charge is 0.351 e. The van der Waals surface area contributed by atoms with Crippen molar-refractivity contribution in [2.45, 2.75) is 52.6 Å². The molecule has 1 saturated heterocycles. The Morgan fingerprint density at radius 3 is 2.88 bits per heavy atom. The van der Waals surface area contributed by atoms with Crippen molar-refractivity contribution in [1.29, 1.82) is 0 Å². The summed E-state index contributed by atoms with van der Waals surface area (Å²) in [6.45, 7) is 10.00. The molecule has 4 nitrogen and oxygen atoms in total. The zero-order valence-electron chi connectivity index (χ0n) is 15.8. The van der Waals surface area contributed by atoms with Gasteiger partial charge in [-0.2, -0.15) is 0 Å². The van der Waals surface area contributed by atoms with Crippen molar-refractivity contribution < 1.29 is 4.79 Å². The van der Waals surface area contributed by atoms with Crippen molar-refractivity contribution >= 4 is 5.91 Å². The highest BCUT2D eigenvalue weighted by Crippen LogP contribution is 2.43. The first-order valence-corrected chi connectivity index (χ1v) is 9.97. The summed E-state index contributed by atoms with van der Waals surface area (Å²) in [6, 6.07) is 8.65. The van der Waals surface area contributed by atoms with Crippen LogP contribution in [0.5, 0.6) is 0 Å². The molecule has 0 aromatic heterocycles. The summed E-state index contributed by atoms with van der Waals surface area (Å²) in [5.74, 6) is 0.784. The van der Waals surface area contributed by atoms with E-state index < -0.39 is 0 Å². The zero-order chi connectivity index (χ0) is 17.7. The summed E-state index contributed by atoms with van der Waals surface area (Å²) in [5.41, 5.74) is 2.37. The SMILES string of the molecule is CCN(CC)Cc1cccc(CNC(=O)[C@@]23CCCC[C@H]2CNC3)c1. The van der Waals surface area contributed by atoms with Crippen LogP contribution in [0.15, 0.2) is 24.3 Å². The number of carbonyl (C=O) groups is 1. The first-order valence-electron chi connectivity index (χ1n) is 9.97. The van der Waals surface area contributed by atoms with Gasteiger partial charge in [-0.1, -0.05) is 51.0 Å². The van der Waals surface area contributed by atoms with Gasteiger partial charge in [0.05, 0.1) is 5.41 Å². The molecule has 3 rings (SSSR count). The molecule has 0 spiro atoms. The number of benzene rings is 1. The number of hydrogen-bond donors (Lipinski definition) is 2. The minimum absolute atomic E-state index is 0.156. The van der Waals surface area contributed by atoms with Crippen molar-refractivity contribution in [3.05, 3.63) is 35.4 Å². The third kappa shape index (κ3) is 4.06. The second-order valence-electron chi connectivity index (χ2n) is 7.69. The van der Waals surface area contributed by atoms with E-state index in [1.807, 2.05) is 0 Å². The zero-order valence-corrected chi connectivity index (χ0v) is 15.8. The Balaban J connectivity index is 1.60. The van der Waals surface area contributed by atoms with Gasteiger partial charge in [0.25, 0.3) is 0 Å². The van der Waals surface area contributed by atoms with E-state index in [9.17, 15) is 4.79 Å². The smallest absolute Gasteiger partial charge is 0.228 e. The Hall–Kier alpha value is -1.39. The van der Waals surface area contributed by atoms with Crippen LogP contribution in [0.1, 0.15) is 50.7 Å². The van der Waals surface area contributed by atoms with E-state index in [-0.39, 0.29) is 11.3 Å². The highest BCUT2D eigenvalue weighted by atomic mass is 16.2. The molecule has 1 heterocycles. The molecule has 2 N–H and O–H groups in total. The van der Waals surface area contributed by atoms with E-state index in [1.54, 1.807) is 0 Å². The Morgan fingerprint density at radius 2 is 2.08 bits per heavy atom. The van der Waals surface area contributed by atoms with Crippen molar-refractivity contribution in [3.8, 4) is 0 Å². The second-order valence-corrected chi connectivity index (χ2v) is 7.69. The van der Waals surface area contributed by atoms with E-state index in [2.05, 4.69) is 53.6 Å². The van der Waals surface area contributed by atoms with Crippen LogP contribution in [0.4, 0.5) is 0 Å². The van der Waals surface area contributed by atoms with Gasteiger partial charge in [-0.05, 0) is 49.5 Å². The van der Waals surface area contributed by atoms with E-state index in [0.717, 1.165) is 39.1 Å². The van der Waals surface area contributed by atoms with E-state index in [1.165, 1.54) is 30.4 Å². The van der Waals surface area contributed by atoms with Crippen LogP contribution in [0.2, 0.25) is 0 Å². The number of rotatable bonds is 7. The Labute approximate surface area is 152 Å². The lowest BCUT2D eigenvalue weighted by Gasteiger charge is -2.37. The summed E-state index contributed by atoms with van der Waals surface area (Å²) in [5, 5.41) is 6.71. The predicted octanol–water partition coefficient (Wildman–Crippen LogP) is 2.92. The third-order valence-electron chi connectivity index (χ3n) is 6.24. The number of carbonyl (C=O) groups excluding carboxylic acids is 1. The monoisotopic (exact) mass is 343 g/mol. The maximum atomic E-state index is 13.0. The van der Waals surface area contributed by atoms with Crippen molar-refractivity contribution in [2.75, 3.05) is 26.2 Å². The molecule has 1 aliphatic heterocycles. The molecule has 4 heteroatoms. The molecule has 1 aliphatic carbocycles. The number of nitrogens with one attached hydrogen (secondary N) is 2. The average Bonchev–Trinajstić information content (AvgIpc) is 3.10. The van der Waals surface area contributed by atoms with Gasteiger partial charge in [0, 0.05) is 19.6 Å². The minimum Gasteiger partial charge on any atom is -0.351 e. The van der Waals surface area contributed by atoms with Crippen molar-refractivity contribution in [3.63, 3.8) is 0 Å². The molecule has 2 aliphatic rings. The van der Waals surface area contributed by atoms with Gasteiger partial charge in [-0.15, -0.1) is 0 Å². The minimum atomic E-state index is -0.156. The Bertz CT molecular complexity index is 584. The molecule has 1 saturated carbocycles. The van der Waals surface area contributed by atoms with Crippen LogP contribution in [0.25, 0.3) is 0 Å². The summed E-state index contributed by atoms with van der Waals surface area (Å²) in [6.07, 6.45) is 4.69. The van der Waals surface area contributed by atoms with Crippen LogP contribution in [-0.4, -0.2) is 37.0 Å². The van der Waals surface area contributed by atoms with Crippen LogP contribution >= 0.6 is 0 Å². The molecular weight excluding hydrogens is 310 g/mol. The lowest BCUT2D eigenvalue weighted by atomic mass is 9.67. The average molecular weight is 344 g/mol. The lowest BCUT2D eigenvalue weighted by molar-refractivity contribution is -0.134. The van der Waals surface area contributed by atoms with Gasteiger partial charge in [0.2, 0.25) is 5.91 Å². The molecule has 1 aromatic carbocycles. The first kappa shape index (κ1) is 18.4. The van der Waals surface area contributed by atoms with Gasteiger partial charge in [0.15, 0.2) is 0 Å².